The fraction of sp³-hybridized carbons (Fsp3) is 0.286. The molecule has 1 fully saturated rings. The Kier molecular flexibility index (Phi) is 4.88. The summed E-state index contributed by atoms with van der Waals surface area (Å²) >= 11 is 0. The lowest BCUT2D eigenvalue weighted by atomic mass is 10.1. The predicted octanol–water partition coefficient (Wildman–Crippen LogP) is 4.37. The van der Waals surface area contributed by atoms with E-state index < -0.39 is 0 Å². The number of hydrogen-bond acceptors (Lipinski definition) is 5. The molecule has 1 saturated heterocycles. The summed E-state index contributed by atoms with van der Waals surface area (Å²) in [6, 6.07) is 14.4. The van der Waals surface area contributed by atoms with Crippen molar-refractivity contribution in [3.63, 3.8) is 0 Å². The van der Waals surface area contributed by atoms with Gasteiger partial charge in [-0.1, -0.05) is 47.1 Å². The maximum Gasteiger partial charge on any atom is 0.244 e. The van der Waals surface area contributed by atoms with Gasteiger partial charge in [0.2, 0.25) is 11.7 Å². The van der Waals surface area contributed by atoms with Crippen LogP contribution in [0.3, 0.4) is 0 Å². The molecule has 0 saturated carbocycles. The Balaban J connectivity index is 1.49. The summed E-state index contributed by atoms with van der Waals surface area (Å²) in [4.78, 5) is 11.1. The Bertz CT molecular complexity index is 873. The monoisotopic (exact) mass is 346 g/mol. The summed E-state index contributed by atoms with van der Waals surface area (Å²) in [5, 5.41) is 4.16. The van der Waals surface area contributed by atoms with E-state index in [2.05, 4.69) is 57.3 Å². The van der Waals surface area contributed by atoms with Gasteiger partial charge in [0, 0.05) is 24.5 Å². The Morgan fingerprint density at radius 2 is 2.00 bits per heavy atom. The number of hydrogen-bond donors (Lipinski definition) is 0. The van der Waals surface area contributed by atoms with Crippen LogP contribution in [-0.4, -0.2) is 33.1 Å². The maximum atomic E-state index is 5.59. The third-order valence-corrected chi connectivity index (χ3v) is 4.69. The highest BCUT2D eigenvalue weighted by Crippen LogP contribution is 2.32. The number of pyridine rings is 1. The van der Waals surface area contributed by atoms with Crippen LogP contribution in [-0.2, 0) is 0 Å². The van der Waals surface area contributed by atoms with Crippen LogP contribution in [0.2, 0.25) is 0 Å². The molecule has 5 nitrogen and oxygen atoms in total. The molecule has 1 atom stereocenters. The van der Waals surface area contributed by atoms with Gasteiger partial charge in [-0.15, -0.1) is 0 Å². The van der Waals surface area contributed by atoms with E-state index in [9.17, 15) is 0 Å². The average Bonchev–Trinajstić information content (AvgIpc) is 3.32. The summed E-state index contributed by atoms with van der Waals surface area (Å²) in [6.07, 6.45) is 7.92. The molecule has 2 aromatic heterocycles. The minimum atomic E-state index is 0.192. The van der Waals surface area contributed by atoms with E-state index in [1.54, 1.807) is 12.4 Å². The van der Waals surface area contributed by atoms with Crippen molar-refractivity contribution in [2.75, 3.05) is 13.1 Å². The van der Waals surface area contributed by atoms with Gasteiger partial charge in [-0.2, -0.15) is 4.98 Å². The van der Waals surface area contributed by atoms with Crippen LogP contribution in [0.15, 0.2) is 65.0 Å². The molecule has 0 unspecified atom stereocenters. The standard InChI is InChI=1S/C21H22N4O/c1-16(14-17-6-3-2-4-7-17)15-25-13-5-8-19(25)21-23-20(24-26-21)18-9-11-22-12-10-18/h2-4,6-7,9-12,14,19H,5,8,13,15H2,1H3/b16-14+/t19-/m0/s1. The van der Waals surface area contributed by atoms with Gasteiger partial charge in [-0.3, -0.25) is 9.88 Å². The molecule has 0 N–H and O–H groups in total. The first kappa shape index (κ1) is 16.7. The smallest absolute Gasteiger partial charge is 0.244 e. The first-order chi connectivity index (χ1) is 12.8. The molecule has 3 heterocycles. The Labute approximate surface area is 153 Å². The SMILES string of the molecule is C/C(=C\c1ccccc1)CN1CCC[C@H]1c1nc(-c2ccncc2)no1. The number of benzene rings is 1. The van der Waals surface area contributed by atoms with Gasteiger partial charge in [0.1, 0.15) is 0 Å². The van der Waals surface area contributed by atoms with E-state index >= 15 is 0 Å². The minimum absolute atomic E-state index is 0.192. The summed E-state index contributed by atoms with van der Waals surface area (Å²) in [5.74, 6) is 1.34. The Morgan fingerprint density at radius 1 is 1.19 bits per heavy atom. The molecule has 0 bridgehead atoms. The van der Waals surface area contributed by atoms with E-state index in [4.69, 9.17) is 4.52 Å². The van der Waals surface area contributed by atoms with Crippen LogP contribution in [0.1, 0.15) is 37.3 Å². The molecule has 5 heteroatoms. The fourth-order valence-electron chi connectivity index (χ4n) is 3.48. The van der Waals surface area contributed by atoms with Crippen molar-refractivity contribution in [1.29, 1.82) is 0 Å². The second kappa shape index (κ2) is 7.62. The second-order valence-corrected chi connectivity index (χ2v) is 6.72. The summed E-state index contributed by atoms with van der Waals surface area (Å²) in [6.45, 7) is 4.14. The molecular weight excluding hydrogens is 324 g/mol. The average molecular weight is 346 g/mol. The third-order valence-electron chi connectivity index (χ3n) is 4.69. The van der Waals surface area contributed by atoms with Gasteiger partial charge in [-0.25, -0.2) is 0 Å². The van der Waals surface area contributed by atoms with Crippen LogP contribution < -0.4 is 0 Å². The molecule has 4 rings (SSSR count). The summed E-state index contributed by atoms with van der Waals surface area (Å²) in [7, 11) is 0. The first-order valence-corrected chi connectivity index (χ1v) is 9.00. The number of rotatable bonds is 5. The van der Waals surface area contributed by atoms with E-state index in [0.29, 0.717) is 11.7 Å². The fourth-order valence-corrected chi connectivity index (χ4v) is 3.48. The third kappa shape index (κ3) is 3.73. The Hall–Kier alpha value is -2.79. The van der Waals surface area contributed by atoms with Gasteiger partial charge >= 0.3 is 0 Å². The van der Waals surface area contributed by atoms with Crippen molar-refractivity contribution in [1.82, 2.24) is 20.0 Å². The zero-order valence-electron chi connectivity index (χ0n) is 14.9. The van der Waals surface area contributed by atoms with E-state index in [0.717, 1.165) is 31.5 Å². The molecule has 1 aromatic carbocycles. The van der Waals surface area contributed by atoms with Crippen LogP contribution in [0, 0.1) is 0 Å². The number of aromatic nitrogens is 3. The van der Waals surface area contributed by atoms with Gasteiger partial charge in [0.05, 0.1) is 6.04 Å². The molecule has 26 heavy (non-hydrogen) atoms. The molecule has 0 amide bonds. The highest BCUT2D eigenvalue weighted by Gasteiger charge is 2.30. The van der Waals surface area contributed by atoms with Crippen LogP contribution >= 0.6 is 0 Å². The number of nitrogens with zero attached hydrogens (tertiary/aromatic N) is 4. The molecule has 1 aliphatic rings. The lowest BCUT2D eigenvalue weighted by molar-refractivity contribution is 0.222. The molecule has 1 aliphatic heterocycles. The predicted molar refractivity (Wildman–Crippen MR) is 101 cm³/mol. The second-order valence-electron chi connectivity index (χ2n) is 6.72. The molecule has 0 aliphatic carbocycles. The lowest BCUT2D eigenvalue weighted by Gasteiger charge is -2.21. The summed E-state index contributed by atoms with van der Waals surface area (Å²) < 4.78 is 5.59. The quantitative estimate of drug-likeness (QED) is 0.686. The van der Waals surface area contributed by atoms with Crippen molar-refractivity contribution < 1.29 is 4.52 Å². The molecule has 0 spiro atoms. The van der Waals surface area contributed by atoms with Crippen LogP contribution in [0.4, 0.5) is 0 Å². The topological polar surface area (TPSA) is 55.1 Å². The largest absolute Gasteiger partial charge is 0.337 e. The van der Waals surface area contributed by atoms with Gasteiger partial charge < -0.3 is 4.52 Å². The van der Waals surface area contributed by atoms with Crippen molar-refractivity contribution >= 4 is 6.08 Å². The van der Waals surface area contributed by atoms with Crippen LogP contribution in [0.5, 0.6) is 0 Å². The molecule has 132 valence electrons. The lowest BCUT2D eigenvalue weighted by Crippen LogP contribution is -2.25. The molecular formula is C21H22N4O. The van der Waals surface area contributed by atoms with Crippen molar-refractivity contribution in [3.05, 3.63) is 71.9 Å². The highest BCUT2D eigenvalue weighted by atomic mass is 16.5. The van der Waals surface area contributed by atoms with E-state index in [-0.39, 0.29) is 6.04 Å². The van der Waals surface area contributed by atoms with Crippen molar-refractivity contribution in [2.24, 2.45) is 0 Å². The minimum Gasteiger partial charge on any atom is -0.337 e. The van der Waals surface area contributed by atoms with Gasteiger partial charge in [0.25, 0.3) is 0 Å². The zero-order chi connectivity index (χ0) is 17.8. The van der Waals surface area contributed by atoms with E-state index in [1.165, 1.54) is 11.1 Å². The van der Waals surface area contributed by atoms with Crippen molar-refractivity contribution in [3.8, 4) is 11.4 Å². The maximum absolute atomic E-state index is 5.59. The summed E-state index contributed by atoms with van der Waals surface area (Å²) in [5.41, 5.74) is 3.50. The van der Waals surface area contributed by atoms with E-state index in [1.807, 2.05) is 18.2 Å². The van der Waals surface area contributed by atoms with Gasteiger partial charge in [-0.05, 0) is 44.0 Å². The normalized spacial score (nSPS) is 18.3. The van der Waals surface area contributed by atoms with Crippen molar-refractivity contribution in [2.45, 2.75) is 25.8 Å². The van der Waals surface area contributed by atoms with Crippen LogP contribution in [0.25, 0.3) is 17.5 Å². The number of likely N-dealkylation sites (tertiary alicyclic amines) is 1. The molecule has 3 aromatic rings. The molecule has 0 radical (unpaired) electrons. The van der Waals surface area contributed by atoms with Gasteiger partial charge in [0.15, 0.2) is 0 Å². The zero-order valence-corrected chi connectivity index (χ0v) is 14.9. The highest BCUT2D eigenvalue weighted by molar-refractivity contribution is 5.53. The first-order valence-electron chi connectivity index (χ1n) is 9.00. The Morgan fingerprint density at radius 3 is 2.81 bits per heavy atom.